The molecule has 2 aromatic carbocycles. The normalized spacial score (nSPS) is 10.5. The molecule has 27 heavy (non-hydrogen) atoms. The second-order valence-corrected chi connectivity index (χ2v) is 6.55. The van der Waals surface area contributed by atoms with E-state index < -0.39 is 0 Å². The lowest BCUT2D eigenvalue weighted by Crippen LogP contribution is -2.23. The maximum Gasteiger partial charge on any atom is 0.257 e. The molecule has 0 saturated heterocycles. The summed E-state index contributed by atoms with van der Waals surface area (Å²) in [5.41, 5.74) is 2.77. The van der Waals surface area contributed by atoms with Gasteiger partial charge >= 0.3 is 0 Å². The van der Waals surface area contributed by atoms with Crippen LogP contribution in [0.3, 0.4) is 0 Å². The quantitative estimate of drug-likeness (QED) is 0.722. The van der Waals surface area contributed by atoms with Crippen LogP contribution in [-0.2, 0) is 6.54 Å². The number of amides is 1. The van der Waals surface area contributed by atoms with Crippen LogP contribution in [0.15, 0.2) is 65.6 Å². The molecule has 138 valence electrons. The Morgan fingerprint density at radius 2 is 1.93 bits per heavy atom. The molecule has 1 amide bonds. The molecule has 0 radical (unpaired) electrons. The lowest BCUT2D eigenvalue weighted by Gasteiger charge is -2.12. The second-order valence-electron chi connectivity index (χ2n) is 6.11. The molecule has 5 nitrogen and oxygen atoms in total. The fourth-order valence-corrected chi connectivity index (χ4v) is 2.90. The number of hydrogen-bond donors (Lipinski definition) is 1. The van der Waals surface area contributed by atoms with E-state index in [0.29, 0.717) is 28.6 Å². The lowest BCUT2D eigenvalue weighted by atomic mass is 10.1. The van der Waals surface area contributed by atoms with Gasteiger partial charge in [-0.15, -0.1) is 0 Å². The van der Waals surface area contributed by atoms with Crippen LogP contribution in [-0.4, -0.2) is 17.6 Å². The van der Waals surface area contributed by atoms with Gasteiger partial charge in [-0.05, 0) is 42.3 Å². The first kappa shape index (κ1) is 18.7. The van der Waals surface area contributed by atoms with Crippen LogP contribution < -0.4 is 15.6 Å². The van der Waals surface area contributed by atoms with E-state index in [4.69, 9.17) is 16.3 Å². The first-order valence-corrected chi connectivity index (χ1v) is 8.75. The molecule has 1 N–H and O–H groups in total. The zero-order valence-electron chi connectivity index (χ0n) is 15.0. The molecule has 0 fully saturated rings. The number of ether oxygens (including phenoxy) is 1. The highest BCUT2D eigenvalue weighted by molar-refractivity contribution is 6.31. The molecule has 1 aromatic heterocycles. The molecule has 0 atom stereocenters. The third kappa shape index (κ3) is 4.38. The van der Waals surface area contributed by atoms with E-state index in [0.717, 1.165) is 11.1 Å². The number of methoxy groups -OCH3 is 1. The number of aromatic nitrogens is 1. The first-order valence-electron chi connectivity index (χ1n) is 8.38. The van der Waals surface area contributed by atoms with Crippen molar-refractivity contribution in [2.24, 2.45) is 0 Å². The minimum atomic E-state index is -0.353. The second kappa shape index (κ2) is 8.10. The monoisotopic (exact) mass is 382 g/mol. The van der Waals surface area contributed by atoms with E-state index >= 15 is 0 Å². The van der Waals surface area contributed by atoms with Crippen LogP contribution in [0, 0.1) is 6.92 Å². The van der Waals surface area contributed by atoms with Crippen molar-refractivity contribution in [2.45, 2.75) is 13.5 Å². The van der Waals surface area contributed by atoms with Crippen molar-refractivity contribution < 1.29 is 9.53 Å². The standard InChI is InChI=1S/C21H19ClN2O3/c1-14-5-3-4-6-15(14)12-24-13-16(7-10-20(24)25)21(26)23-18-11-17(22)8-9-19(18)27-2/h3-11,13H,12H2,1-2H3,(H,23,26). The summed E-state index contributed by atoms with van der Waals surface area (Å²) >= 11 is 6.00. The molecule has 0 spiro atoms. The van der Waals surface area contributed by atoms with Crippen molar-refractivity contribution >= 4 is 23.2 Å². The van der Waals surface area contributed by atoms with Crippen LogP contribution in [0.2, 0.25) is 5.02 Å². The van der Waals surface area contributed by atoms with Gasteiger partial charge in [0.1, 0.15) is 5.75 Å². The van der Waals surface area contributed by atoms with Gasteiger partial charge in [0, 0.05) is 17.3 Å². The summed E-state index contributed by atoms with van der Waals surface area (Å²) in [5.74, 6) is 0.148. The van der Waals surface area contributed by atoms with Crippen molar-refractivity contribution in [3.8, 4) is 5.75 Å². The number of hydrogen-bond acceptors (Lipinski definition) is 3. The van der Waals surface area contributed by atoms with Crippen molar-refractivity contribution in [1.29, 1.82) is 0 Å². The maximum atomic E-state index is 12.7. The van der Waals surface area contributed by atoms with E-state index in [1.165, 1.54) is 23.8 Å². The summed E-state index contributed by atoms with van der Waals surface area (Å²) in [5, 5.41) is 3.26. The average molecular weight is 383 g/mol. The minimum Gasteiger partial charge on any atom is -0.495 e. The summed E-state index contributed by atoms with van der Waals surface area (Å²) in [6.07, 6.45) is 1.56. The highest BCUT2D eigenvalue weighted by atomic mass is 35.5. The fourth-order valence-electron chi connectivity index (χ4n) is 2.73. The topological polar surface area (TPSA) is 60.3 Å². The Hall–Kier alpha value is -3.05. The highest BCUT2D eigenvalue weighted by Gasteiger charge is 2.12. The average Bonchev–Trinajstić information content (AvgIpc) is 2.65. The van der Waals surface area contributed by atoms with Gasteiger partial charge in [-0.25, -0.2) is 0 Å². The van der Waals surface area contributed by atoms with E-state index in [2.05, 4.69) is 5.32 Å². The SMILES string of the molecule is COc1ccc(Cl)cc1NC(=O)c1ccc(=O)n(Cc2ccccc2C)c1. The number of pyridine rings is 1. The molecule has 0 aliphatic heterocycles. The van der Waals surface area contributed by atoms with Gasteiger partial charge in [0.05, 0.1) is 24.9 Å². The van der Waals surface area contributed by atoms with Crippen molar-refractivity contribution in [2.75, 3.05) is 12.4 Å². The maximum absolute atomic E-state index is 12.7. The molecule has 3 aromatic rings. The van der Waals surface area contributed by atoms with Gasteiger partial charge in [-0.2, -0.15) is 0 Å². The molecule has 6 heteroatoms. The molecule has 0 aliphatic rings. The Bertz CT molecular complexity index is 1040. The number of nitrogens with one attached hydrogen (secondary N) is 1. The minimum absolute atomic E-state index is 0.171. The van der Waals surface area contributed by atoms with Gasteiger partial charge < -0.3 is 14.6 Å². The fraction of sp³-hybridized carbons (Fsp3) is 0.143. The number of rotatable bonds is 5. The highest BCUT2D eigenvalue weighted by Crippen LogP contribution is 2.28. The van der Waals surface area contributed by atoms with Crippen LogP contribution in [0.5, 0.6) is 5.75 Å². The third-order valence-corrected chi connectivity index (χ3v) is 4.49. The zero-order chi connectivity index (χ0) is 19.4. The number of halogens is 1. The van der Waals surface area contributed by atoms with Gasteiger partial charge in [0.25, 0.3) is 11.5 Å². The Labute approximate surface area is 162 Å². The van der Waals surface area contributed by atoms with Crippen molar-refractivity contribution in [3.05, 3.63) is 92.9 Å². The van der Waals surface area contributed by atoms with Crippen LogP contribution in [0.1, 0.15) is 21.5 Å². The number of carbonyl (C=O) groups is 1. The number of nitrogens with zero attached hydrogens (tertiary/aromatic N) is 1. The molecular formula is C21H19ClN2O3. The zero-order valence-corrected chi connectivity index (χ0v) is 15.8. The van der Waals surface area contributed by atoms with Crippen LogP contribution in [0.25, 0.3) is 0 Å². The Balaban J connectivity index is 1.87. The molecular weight excluding hydrogens is 364 g/mol. The Morgan fingerprint density at radius 1 is 1.15 bits per heavy atom. The Morgan fingerprint density at radius 3 is 2.67 bits per heavy atom. The first-order chi connectivity index (χ1) is 13.0. The van der Waals surface area contributed by atoms with Gasteiger partial charge in [0.2, 0.25) is 0 Å². The van der Waals surface area contributed by atoms with Gasteiger partial charge in [0.15, 0.2) is 0 Å². The molecule has 0 aliphatic carbocycles. The van der Waals surface area contributed by atoms with Crippen LogP contribution >= 0.6 is 11.6 Å². The van der Waals surface area contributed by atoms with Crippen molar-refractivity contribution in [3.63, 3.8) is 0 Å². The summed E-state index contributed by atoms with van der Waals surface area (Å²) in [6.45, 7) is 2.38. The van der Waals surface area contributed by atoms with Gasteiger partial charge in [-0.3, -0.25) is 9.59 Å². The van der Waals surface area contributed by atoms with E-state index in [1.807, 2.05) is 31.2 Å². The largest absolute Gasteiger partial charge is 0.495 e. The number of aryl methyl sites for hydroxylation is 1. The Kier molecular flexibility index (Phi) is 5.62. The lowest BCUT2D eigenvalue weighted by molar-refractivity contribution is 0.102. The summed E-state index contributed by atoms with van der Waals surface area (Å²) in [6, 6.07) is 15.7. The third-order valence-electron chi connectivity index (χ3n) is 4.26. The molecule has 0 saturated carbocycles. The number of benzene rings is 2. The summed E-state index contributed by atoms with van der Waals surface area (Å²) < 4.78 is 6.76. The molecule has 0 unspecified atom stereocenters. The number of carbonyl (C=O) groups excluding carboxylic acids is 1. The summed E-state index contributed by atoms with van der Waals surface area (Å²) in [7, 11) is 1.52. The predicted octanol–water partition coefficient (Wildman–Crippen LogP) is 4.12. The van der Waals surface area contributed by atoms with Crippen LogP contribution in [0.4, 0.5) is 5.69 Å². The molecule has 1 heterocycles. The summed E-state index contributed by atoms with van der Waals surface area (Å²) in [4.78, 5) is 24.9. The van der Waals surface area contributed by atoms with E-state index in [1.54, 1.807) is 24.4 Å². The van der Waals surface area contributed by atoms with E-state index in [9.17, 15) is 9.59 Å². The predicted molar refractivity (Wildman–Crippen MR) is 107 cm³/mol. The van der Waals surface area contributed by atoms with Gasteiger partial charge in [-0.1, -0.05) is 35.9 Å². The molecule has 3 rings (SSSR count). The van der Waals surface area contributed by atoms with E-state index in [-0.39, 0.29) is 11.5 Å². The smallest absolute Gasteiger partial charge is 0.257 e. The number of anilines is 1. The molecule has 0 bridgehead atoms. The van der Waals surface area contributed by atoms with Crippen molar-refractivity contribution in [1.82, 2.24) is 4.57 Å².